The van der Waals surface area contributed by atoms with Crippen molar-refractivity contribution in [2.45, 2.75) is 78.9 Å². The number of carbonyl (C=O) groups is 6. The fraction of sp³-hybridized carbons (Fsp3) is 0.576. The van der Waals surface area contributed by atoms with Crippen molar-refractivity contribution in [3.63, 3.8) is 0 Å². The highest BCUT2D eigenvalue weighted by molar-refractivity contribution is 6.33. The van der Waals surface area contributed by atoms with E-state index in [4.69, 9.17) is 4.74 Å². The number of ketones is 5. The summed E-state index contributed by atoms with van der Waals surface area (Å²) in [6.45, 7) is 10.9. The smallest absolute Gasteiger partial charge is 0.330 e. The predicted molar refractivity (Wildman–Crippen MR) is 154 cm³/mol. The second-order valence-corrected chi connectivity index (χ2v) is 13.0. The van der Waals surface area contributed by atoms with Gasteiger partial charge in [0.25, 0.3) is 0 Å². The molecule has 43 heavy (non-hydrogen) atoms. The molecule has 2 saturated carbocycles. The van der Waals surface area contributed by atoms with Gasteiger partial charge < -0.3 is 20.1 Å². The van der Waals surface area contributed by atoms with Crippen molar-refractivity contribution in [1.82, 2.24) is 0 Å². The monoisotopic (exact) mass is 596 g/mol. The third-order valence-corrected chi connectivity index (χ3v) is 10.4. The minimum absolute atomic E-state index is 0.230. The molecule has 3 aliphatic rings. The lowest BCUT2D eigenvalue weighted by Crippen LogP contribution is -2.82. The molecule has 3 aliphatic carbocycles. The Morgan fingerprint density at radius 3 is 2.28 bits per heavy atom. The Kier molecular flexibility index (Phi) is 8.21. The topological polar surface area (TPSA) is 172 Å². The summed E-state index contributed by atoms with van der Waals surface area (Å²) in [5.74, 6) is -12.6. The molecule has 10 heteroatoms. The zero-order chi connectivity index (χ0) is 32.4. The number of phenolic OH excluding ortho intramolecular Hbond substituents is 1. The molecule has 0 bridgehead atoms. The van der Waals surface area contributed by atoms with Crippen LogP contribution in [0.2, 0.25) is 0 Å². The molecule has 232 valence electrons. The number of carbonyl (C=O) groups excluding carboxylic acids is 6. The number of benzene rings is 1. The number of fused-ring (bicyclic) bond motifs is 3. The lowest BCUT2D eigenvalue weighted by Gasteiger charge is -2.65. The SMILES string of the molecule is CCCCOC(=O)/C=C/c1ccc(O)c2c1[C@@H](C)[C@@]1(C)C(C2=O)C(=O)[C@@]2(O)C(=O)C(C(C)=O)C(=O)C(C(C)C)[C@@]2(C)[C@@H]1O. The first-order chi connectivity index (χ1) is 19.9. The molecule has 0 amide bonds. The van der Waals surface area contributed by atoms with Crippen molar-refractivity contribution < 1.29 is 48.8 Å². The number of aliphatic hydroxyl groups excluding tert-OH is 1. The van der Waals surface area contributed by atoms with Gasteiger partial charge in [-0.3, -0.25) is 24.0 Å². The summed E-state index contributed by atoms with van der Waals surface area (Å²) in [5, 5.41) is 35.3. The average Bonchev–Trinajstić information content (AvgIpc) is 2.92. The van der Waals surface area contributed by atoms with Gasteiger partial charge >= 0.3 is 5.97 Å². The van der Waals surface area contributed by atoms with Crippen LogP contribution >= 0.6 is 0 Å². The highest BCUT2D eigenvalue weighted by Gasteiger charge is 2.80. The van der Waals surface area contributed by atoms with Crippen LogP contribution in [0.3, 0.4) is 0 Å². The summed E-state index contributed by atoms with van der Waals surface area (Å²) in [5.41, 5.74) is -6.40. The van der Waals surface area contributed by atoms with E-state index in [0.29, 0.717) is 12.0 Å². The maximum absolute atomic E-state index is 14.4. The van der Waals surface area contributed by atoms with Gasteiger partial charge in [0.15, 0.2) is 28.7 Å². The summed E-state index contributed by atoms with van der Waals surface area (Å²) in [6, 6.07) is 2.73. The zero-order valence-corrected chi connectivity index (χ0v) is 25.6. The molecular weight excluding hydrogens is 556 g/mol. The van der Waals surface area contributed by atoms with Crippen LogP contribution in [0.25, 0.3) is 6.08 Å². The van der Waals surface area contributed by atoms with E-state index in [1.807, 2.05) is 6.92 Å². The van der Waals surface area contributed by atoms with Gasteiger partial charge in [0.1, 0.15) is 17.5 Å². The second-order valence-electron chi connectivity index (χ2n) is 13.0. The lowest BCUT2D eigenvalue weighted by molar-refractivity contribution is -0.240. The van der Waals surface area contributed by atoms with Gasteiger partial charge in [-0.2, -0.15) is 0 Å². The number of rotatable bonds is 7. The molecular formula is C33H40O10. The van der Waals surface area contributed by atoms with Gasteiger partial charge in [0.05, 0.1) is 24.2 Å². The lowest BCUT2D eigenvalue weighted by atomic mass is 9.37. The molecule has 3 N–H and O–H groups in total. The second kappa shape index (κ2) is 10.9. The van der Waals surface area contributed by atoms with Crippen molar-refractivity contribution in [3.05, 3.63) is 34.9 Å². The van der Waals surface area contributed by atoms with Gasteiger partial charge in [-0.1, -0.05) is 54.0 Å². The predicted octanol–water partition coefficient (Wildman–Crippen LogP) is 2.98. The van der Waals surface area contributed by atoms with Crippen LogP contribution in [0.15, 0.2) is 18.2 Å². The molecule has 0 spiro atoms. The van der Waals surface area contributed by atoms with E-state index in [9.17, 15) is 44.1 Å². The normalized spacial score (nSPS) is 35.5. The largest absolute Gasteiger partial charge is 0.507 e. The van der Waals surface area contributed by atoms with Gasteiger partial charge in [-0.15, -0.1) is 0 Å². The molecule has 0 aliphatic heterocycles. The Morgan fingerprint density at radius 1 is 1.09 bits per heavy atom. The molecule has 0 aromatic heterocycles. The first-order valence-electron chi connectivity index (χ1n) is 14.7. The number of aromatic hydroxyl groups is 1. The Labute approximate surface area is 250 Å². The molecule has 8 atom stereocenters. The highest BCUT2D eigenvalue weighted by atomic mass is 16.5. The third kappa shape index (κ3) is 4.20. The Hall–Kier alpha value is -3.50. The number of unbranched alkanes of at least 4 members (excludes halogenated alkanes) is 1. The molecule has 4 rings (SSSR count). The first-order valence-corrected chi connectivity index (χ1v) is 14.7. The van der Waals surface area contributed by atoms with E-state index in [1.165, 1.54) is 38.1 Å². The van der Waals surface area contributed by atoms with E-state index in [0.717, 1.165) is 13.3 Å². The van der Waals surface area contributed by atoms with Crippen LogP contribution in [0.4, 0.5) is 0 Å². The van der Waals surface area contributed by atoms with Crippen molar-refractivity contribution in [1.29, 1.82) is 0 Å². The van der Waals surface area contributed by atoms with E-state index < -0.39 is 92.8 Å². The molecule has 2 fully saturated rings. The van der Waals surface area contributed by atoms with Crippen LogP contribution in [0, 0.1) is 34.5 Å². The summed E-state index contributed by atoms with van der Waals surface area (Å²) >= 11 is 0. The number of Topliss-reactive ketones (excluding diaryl/α,β-unsaturated/α-hetero) is 5. The summed E-state index contributed by atoms with van der Waals surface area (Å²) < 4.78 is 5.18. The fourth-order valence-corrected chi connectivity index (χ4v) is 8.12. The van der Waals surface area contributed by atoms with Crippen molar-refractivity contribution >= 4 is 41.0 Å². The van der Waals surface area contributed by atoms with Crippen molar-refractivity contribution in [2.75, 3.05) is 6.61 Å². The number of aliphatic hydroxyl groups is 2. The molecule has 0 radical (unpaired) electrons. The molecule has 10 nitrogen and oxygen atoms in total. The maximum Gasteiger partial charge on any atom is 0.330 e. The number of hydrogen-bond acceptors (Lipinski definition) is 10. The number of phenols is 1. The Morgan fingerprint density at radius 2 is 1.72 bits per heavy atom. The van der Waals surface area contributed by atoms with Gasteiger partial charge in [0.2, 0.25) is 0 Å². The van der Waals surface area contributed by atoms with Crippen molar-refractivity contribution in [3.8, 4) is 5.75 Å². The quantitative estimate of drug-likeness (QED) is 0.184. The van der Waals surface area contributed by atoms with Crippen LogP contribution in [-0.4, -0.2) is 68.5 Å². The van der Waals surface area contributed by atoms with Crippen LogP contribution in [-0.2, 0) is 28.7 Å². The number of ether oxygens (including phenoxy) is 1. The minimum Gasteiger partial charge on any atom is -0.507 e. The van der Waals surface area contributed by atoms with Crippen molar-refractivity contribution in [2.24, 2.45) is 34.5 Å². The van der Waals surface area contributed by atoms with E-state index in [2.05, 4.69) is 0 Å². The standard InChI is InChI=1S/C33H40O10/c1-8-9-14-43-20(36)13-11-18-10-12-19(35)23-21(18)16(4)31(6)25(27(23)38)29(40)33(42)28(39)22(17(5)34)26(37)24(15(2)3)32(33,7)30(31)41/h10-13,15-16,22,24-25,30,35,41-42H,8-9,14H2,1-7H3/b13-11+/t16-,22?,24?,25?,30-,31+,32+,33+/m1/s1. The van der Waals surface area contributed by atoms with Gasteiger partial charge in [-0.05, 0) is 48.4 Å². The van der Waals surface area contributed by atoms with Crippen LogP contribution in [0.1, 0.15) is 88.7 Å². The first kappa shape index (κ1) is 32.4. The number of hydrogen-bond donors (Lipinski definition) is 3. The number of esters is 1. The summed E-state index contributed by atoms with van der Waals surface area (Å²) in [6.07, 6.45) is 2.36. The van der Waals surface area contributed by atoms with Gasteiger partial charge in [0, 0.05) is 22.8 Å². The van der Waals surface area contributed by atoms with E-state index in [-0.39, 0.29) is 17.7 Å². The summed E-state index contributed by atoms with van der Waals surface area (Å²) in [4.78, 5) is 81.0. The molecule has 0 heterocycles. The summed E-state index contributed by atoms with van der Waals surface area (Å²) in [7, 11) is 0. The minimum atomic E-state index is -3.03. The van der Waals surface area contributed by atoms with E-state index in [1.54, 1.807) is 20.8 Å². The average molecular weight is 597 g/mol. The Bertz CT molecular complexity index is 1460. The molecule has 0 saturated heterocycles. The maximum atomic E-state index is 14.4. The molecule has 1 aromatic rings. The van der Waals surface area contributed by atoms with E-state index >= 15 is 0 Å². The highest BCUT2D eigenvalue weighted by Crippen LogP contribution is 2.66. The third-order valence-electron chi connectivity index (χ3n) is 10.4. The fourth-order valence-electron chi connectivity index (χ4n) is 8.12. The molecule has 1 aromatic carbocycles. The van der Waals surface area contributed by atoms with Crippen LogP contribution in [0.5, 0.6) is 5.75 Å². The Balaban J connectivity index is 1.96. The van der Waals surface area contributed by atoms with Crippen LogP contribution < -0.4 is 0 Å². The van der Waals surface area contributed by atoms with Gasteiger partial charge in [-0.25, -0.2) is 4.79 Å². The zero-order valence-electron chi connectivity index (χ0n) is 25.6. The molecule has 3 unspecified atom stereocenters.